The number of carbonyl (C=O) groups excluding carboxylic acids is 1. The summed E-state index contributed by atoms with van der Waals surface area (Å²) in [5, 5.41) is 0. The van der Waals surface area contributed by atoms with E-state index in [2.05, 4.69) is 43.2 Å². The van der Waals surface area contributed by atoms with Crippen LogP contribution in [-0.4, -0.2) is 17.2 Å². The largest absolute Gasteiger partial charge is 0.361 e. The molecule has 1 heterocycles. The van der Waals surface area contributed by atoms with Crippen LogP contribution in [0, 0.1) is 6.92 Å². The molecule has 1 aromatic rings. The molecular formula is C16H19NO. The van der Waals surface area contributed by atoms with Crippen molar-refractivity contribution in [3.8, 4) is 0 Å². The van der Waals surface area contributed by atoms with Crippen LogP contribution in [0.1, 0.15) is 29.5 Å². The lowest BCUT2D eigenvalue weighted by molar-refractivity contribution is -0.108. The average Bonchev–Trinajstić information content (AvgIpc) is 2.67. The number of hydrogen-bond acceptors (Lipinski definition) is 2. The number of aryl methyl sites for hydroxylation is 1. The topological polar surface area (TPSA) is 20.3 Å². The lowest BCUT2D eigenvalue weighted by Crippen LogP contribution is -2.27. The van der Waals surface area contributed by atoms with Crippen LogP contribution < -0.4 is 0 Å². The fourth-order valence-corrected chi connectivity index (χ4v) is 2.53. The predicted octanol–water partition coefficient (Wildman–Crippen LogP) is 3.32. The Morgan fingerprint density at radius 2 is 2.28 bits per heavy atom. The Morgan fingerprint density at radius 1 is 1.50 bits per heavy atom. The maximum atomic E-state index is 10.5. The van der Waals surface area contributed by atoms with Crippen molar-refractivity contribution >= 4 is 12.0 Å². The molecular weight excluding hydrogens is 222 g/mol. The van der Waals surface area contributed by atoms with Gasteiger partial charge in [0.15, 0.2) is 0 Å². The van der Waals surface area contributed by atoms with Gasteiger partial charge in [-0.1, -0.05) is 36.4 Å². The molecule has 0 saturated carbocycles. The van der Waals surface area contributed by atoms with Gasteiger partial charge < -0.3 is 9.69 Å². The summed E-state index contributed by atoms with van der Waals surface area (Å²) in [6.07, 6.45) is 4.24. The Kier molecular flexibility index (Phi) is 3.66. The van der Waals surface area contributed by atoms with Crippen LogP contribution >= 0.6 is 0 Å². The summed E-state index contributed by atoms with van der Waals surface area (Å²) < 4.78 is 0. The first-order valence-electron chi connectivity index (χ1n) is 6.29. The zero-order valence-corrected chi connectivity index (χ0v) is 10.9. The van der Waals surface area contributed by atoms with Crippen molar-refractivity contribution in [1.82, 2.24) is 4.90 Å². The summed E-state index contributed by atoms with van der Waals surface area (Å²) in [5.74, 6) is 0. The summed E-state index contributed by atoms with van der Waals surface area (Å²) in [6, 6.07) is 6.64. The fraction of sp³-hybridized carbons (Fsp3) is 0.312. The number of hydrogen-bond donors (Lipinski definition) is 0. The first-order chi connectivity index (χ1) is 8.67. The van der Waals surface area contributed by atoms with Crippen molar-refractivity contribution in [2.24, 2.45) is 0 Å². The second kappa shape index (κ2) is 5.21. The highest BCUT2D eigenvalue weighted by atomic mass is 16.1. The number of carbonyl (C=O) groups is 1. The highest BCUT2D eigenvalue weighted by Gasteiger charge is 2.26. The van der Waals surface area contributed by atoms with Crippen molar-refractivity contribution in [2.75, 3.05) is 0 Å². The molecule has 2 rings (SSSR count). The third-order valence-electron chi connectivity index (χ3n) is 3.51. The molecule has 1 unspecified atom stereocenters. The molecule has 0 fully saturated rings. The maximum absolute atomic E-state index is 10.5. The molecule has 1 atom stereocenters. The van der Waals surface area contributed by atoms with E-state index >= 15 is 0 Å². The zero-order valence-electron chi connectivity index (χ0n) is 10.9. The SMILES string of the molecule is C=CC(CCC=O)N1Cc2cc(C)ccc2C1=C. The molecule has 18 heavy (non-hydrogen) atoms. The summed E-state index contributed by atoms with van der Waals surface area (Å²) >= 11 is 0. The van der Waals surface area contributed by atoms with Gasteiger partial charge in [-0.2, -0.15) is 0 Å². The van der Waals surface area contributed by atoms with Crippen LogP contribution in [0.2, 0.25) is 0 Å². The predicted molar refractivity (Wildman–Crippen MR) is 75.0 cm³/mol. The Hall–Kier alpha value is -1.83. The number of fused-ring (bicyclic) bond motifs is 1. The third-order valence-corrected chi connectivity index (χ3v) is 3.51. The van der Waals surface area contributed by atoms with E-state index in [9.17, 15) is 4.79 Å². The Bertz CT molecular complexity index is 490. The van der Waals surface area contributed by atoms with E-state index in [1.807, 2.05) is 6.08 Å². The average molecular weight is 241 g/mol. The van der Waals surface area contributed by atoms with Gasteiger partial charge in [0, 0.05) is 30.3 Å². The molecule has 2 nitrogen and oxygen atoms in total. The molecule has 94 valence electrons. The van der Waals surface area contributed by atoms with Crippen LogP contribution in [0.5, 0.6) is 0 Å². The fourth-order valence-electron chi connectivity index (χ4n) is 2.53. The van der Waals surface area contributed by atoms with E-state index in [0.29, 0.717) is 6.42 Å². The molecule has 2 heteroatoms. The van der Waals surface area contributed by atoms with Gasteiger partial charge >= 0.3 is 0 Å². The van der Waals surface area contributed by atoms with Crippen molar-refractivity contribution in [3.05, 3.63) is 54.1 Å². The minimum absolute atomic E-state index is 0.190. The summed E-state index contributed by atoms with van der Waals surface area (Å²) in [6.45, 7) is 11.0. The Morgan fingerprint density at radius 3 is 2.94 bits per heavy atom. The van der Waals surface area contributed by atoms with E-state index in [1.165, 1.54) is 16.7 Å². The standard InChI is InChI=1S/C16H19NO/c1-4-15(6-5-9-18)17-11-14-10-12(2)7-8-16(14)13(17)3/h4,7-10,15H,1,3,5-6,11H2,2H3. The van der Waals surface area contributed by atoms with E-state index in [0.717, 1.165) is 24.9 Å². The van der Waals surface area contributed by atoms with Crippen molar-refractivity contribution in [3.63, 3.8) is 0 Å². The first kappa shape index (κ1) is 12.6. The van der Waals surface area contributed by atoms with Gasteiger partial charge in [-0.3, -0.25) is 0 Å². The molecule has 0 spiro atoms. The maximum Gasteiger partial charge on any atom is 0.120 e. The molecule has 0 amide bonds. The lowest BCUT2D eigenvalue weighted by atomic mass is 10.1. The van der Waals surface area contributed by atoms with Gasteiger partial charge in [0.25, 0.3) is 0 Å². The molecule has 0 saturated heterocycles. The Labute approximate surface area is 109 Å². The third kappa shape index (κ3) is 2.23. The number of rotatable bonds is 5. The number of nitrogens with zero attached hydrogens (tertiary/aromatic N) is 1. The molecule has 0 N–H and O–H groups in total. The Balaban J connectivity index is 2.21. The summed E-state index contributed by atoms with van der Waals surface area (Å²) in [5.41, 5.74) is 4.85. The zero-order chi connectivity index (χ0) is 13.1. The molecule has 1 aromatic carbocycles. The van der Waals surface area contributed by atoms with E-state index < -0.39 is 0 Å². The van der Waals surface area contributed by atoms with Crippen molar-refractivity contribution in [2.45, 2.75) is 32.4 Å². The second-order valence-electron chi connectivity index (χ2n) is 4.78. The minimum atomic E-state index is 0.190. The second-order valence-corrected chi connectivity index (χ2v) is 4.78. The monoisotopic (exact) mass is 241 g/mol. The van der Waals surface area contributed by atoms with Crippen LogP contribution in [0.4, 0.5) is 0 Å². The van der Waals surface area contributed by atoms with Crippen LogP contribution in [0.15, 0.2) is 37.4 Å². The molecule has 1 aliphatic heterocycles. The van der Waals surface area contributed by atoms with Gasteiger partial charge in [-0.15, -0.1) is 6.58 Å². The molecule has 0 aromatic heterocycles. The van der Waals surface area contributed by atoms with E-state index in [1.54, 1.807) is 0 Å². The highest BCUT2D eigenvalue weighted by molar-refractivity contribution is 5.69. The molecule has 0 radical (unpaired) electrons. The van der Waals surface area contributed by atoms with Crippen molar-refractivity contribution in [1.29, 1.82) is 0 Å². The van der Waals surface area contributed by atoms with E-state index in [4.69, 9.17) is 0 Å². The molecule has 0 aliphatic carbocycles. The van der Waals surface area contributed by atoms with Gasteiger partial charge in [0.1, 0.15) is 6.29 Å². The van der Waals surface area contributed by atoms with Crippen molar-refractivity contribution < 1.29 is 4.79 Å². The van der Waals surface area contributed by atoms with Gasteiger partial charge in [-0.05, 0) is 18.9 Å². The molecule has 0 bridgehead atoms. The summed E-state index contributed by atoms with van der Waals surface area (Å²) in [7, 11) is 0. The summed E-state index contributed by atoms with van der Waals surface area (Å²) in [4.78, 5) is 12.7. The van der Waals surface area contributed by atoms with Gasteiger partial charge in [0.05, 0.1) is 0 Å². The normalized spacial score (nSPS) is 15.4. The lowest BCUT2D eigenvalue weighted by Gasteiger charge is -2.27. The van der Waals surface area contributed by atoms with Gasteiger partial charge in [0.2, 0.25) is 0 Å². The minimum Gasteiger partial charge on any atom is -0.361 e. The number of aldehydes is 1. The molecule has 1 aliphatic rings. The van der Waals surface area contributed by atoms with Crippen LogP contribution in [-0.2, 0) is 11.3 Å². The first-order valence-corrected chi connectivity index (χ1v) is 6.29. The van der Waals surface area contributed by atoms with Crippen LogP contribution in [0.3, 0.4) is 0 Å². The van der Waals surface area contributed by atoms with Crippen LogP contribution in [0.25, 0.3) is 5.70 Å². The quantitative estimate of drug-likeness (QED) is 0.582. The van der Waals surface area contributed by atoms with Gasteiger partial charge in [-0.25, -0.2) is 0 Å². The number of benzene rings is 1. The van der Waals surface area contributed by atoms with E-state index in [-0.39, 0.29) is 6.04 Å². The highest BCUT2D eigenvalue weighted by Crippen LogP contribution is 2.34. The smallest absolute Gasteiger partial charge is 0.120 e.